The van der Waals surface area contributed by atoms with E-state index in [9.17, 15) is 4.39 Å². The number of nitrogens with two attached hydrogens (primary N) is 2. The average Bonchev–Trinajstić information content (AvgIpc) is 2.55. The molecule has 0 aliphatic heterocycles. The molecule has 0 atom stereocenters. The monoisotopic (exact) mass is 309 g/mol. The van der Waals surface area contributed by atoms with E-state index in [-0.39, 0.29) is 5.82 Å². The third-order valence-corrected chi connectivity index (χ3v) is 3.62. The quantitative estimate of drug-likeness (QED) is 0.723. The molecule has 0 radical (unpaired) electrons. The van der Waals surface area contributed by atoms with E-state index in [2.05, 4.69) is 4.98 Å². The molecule has 3 rings (SSSR count). The van der Waals surface area contributed by atoms with Gasteiger partial charge < -0.3 is 16.2 Å². The molecule has 0 saturated heterocycles. The second-order valence-corrected chi connectivity index (χ2v) is 5.09. The molecule has 116 valence electrons. The van der Waals surface area contributed by atoms with E-state index in [0.717, 1.165) is 11.1 Å². The van der Waals surface area contributed by atoms with Gasteiger partial charge >= 0.3 is 0 Å². The zero-order valence-corrected chi connectivity index (χ0v) is 12.6. The smallest absolute Gasteiger partial charge is 0.129 e. The largest absolute Gasteiger partial charge is 0.496 e. The van der Waals surface area contributed by atoms with Crippen LogP contribution in [0.15, 0.2) is 54.7 Å². The number of nitrogens with zero attached hydrogens (tertiary/aromatic N) is 1. The summed E-state index contributed by atoms with van der Waals surface area (Å²) in [6.07, 6.45) is 1.67. The fourth-order valence-corrected chi connectivity index (χ4v) is 2.52. The standard InChI is InChI=1S/C18H16FN3O/c1-23-17-10-12(19)5-6-13(17)11-7-8-22-16(9-11)18-14(20)3-2-4-15(18)21/h2-10H,20-21H2,1H3. The summed E-state index contributed by atoms with van der Waals surface area (Å²) in [5, 5.41) is 0. The number of nitrogen functional groups attached to an aromatic ring is 2. The van der Waals surface area contributed by atoms with Crippen LogP contribution < -0.4 is 16.2 Å². The van der Waals surface area contributed by atoms with Crippen molar-refractivity contribution in [3.8, 4) is 28.1 Å². The van der Waals surface area contributed by atoms with Gasteiger partial charge in [-0.3, -0.25) is 4.98 Å². The van der Waals surface area contributed by atoms with Crippen molar-refractivity contribution in [1.29, 1.82) is 0 Å². The highest BCUT2D eigenvalue weighted by atomic mass is 19.1. The second-order valence-electron chi connectivity index (χ2n) is 5.09. The summed E-state index contributed by atoms with van der Waals surface area (Å²) >= 11 is 0. The van der Waals surface area contributed by atoms with Gasteiger partial charge in [0.05, 0.1) is 12.8 Å². The minimum absolute atomic E-state index is 0.351. The van der Waals surface area contributed by atoms with E-state index in [1.165, 1.54) is 19.2 Å². The van der Waals surface area contributed by atoms with Gasteiger partial charge in [-0.25, -0.2) is 4.39 Å². The third-order valence-electron chi connectivity index (χ3n) is 3.62. The molecule has 0 amide bonds. The Morgan fingerprint density at radius 2 is 1.74 bits per heavy atom. The summed E-state index contributed by atoms with van der Waals surface area (Å²) in [4.78, 5) is 4.35. The predicted molar refractivity (Wildman–Crippen MR) is 90.4 cm³/mol. The van der Waals surface area contributed by atoms with Crippen LogP contribution in [0.1, 0.15) is 0 Å². The molecule has 1 heterocycles. The van der Waals surface area contributed by atoms with Crippen LogP contribution in [0, 0.1) is 5.82 Å². The first-order valence-corrected chi connectivity index (χ1v) is 7.04. The van der Waals surface area contributed by atoms with Crippen LogP contribution >= 0.6 is 0 Å². The number of aromatic nitrogens is 1. The van der Waals surface area contributed by atoms with Crippen LogP contribution in [0.25, 0.3) is 22.4 Å². The van der Waals surface area contributed by atoms with Crippen LogP contribution in [-0.4, -0.2) is 12.1 Å². The predicted octanol–water partition coefficient (Wildman–Crippen LogP) is 3.73. The number of pyridine rings is 1. The SMILES string of the molecule is COc1cc(F)ccc1-c1ccnc(-c2c(N)cccc2N)c1. The fourth-order valence-electron chi connectivity index (χ4n) is 2.52. The molecule has 4 nitrogen and oxygen atoms in total. The summed E-state index contributed by atoms with van der Waals surface area (Å²) < 4.78 is 18.6. The molecule has 0 fully saturated rings. The summed E-state index contributed by atoms with van der Waals surface area (Å²) in [5.41, 5.74) is 16.1. The Labute approximate surface area is 133 Å². The van der Waals surface area contributed by atoms with Crippen molar-refractivity contribution in [1.82, 2.24) is 4.98 Å². The Morgan fingerprint density at radius 3 is 2.43 bits per heavy atom. The first-order valence-electron chi connectivity index (χ1n) is 7.04. The maximum absolute atomic E-state index is 13.4. The molecule has 4 N–H and O–H groups in total. The first-order chi connectivity index (χ1) is 11.1. The molecule has 0 aliphatic rings. The number of hydrogen-bond acceptors (Lipinski definition) is 4. The van der Waals surface area contributed by atoms with Gasteiger partial charge in [-0.15, -0.1) is 0 Å². The number of rotatable bonds is 3. The topological polar surface area (TPSA) is 74.2 Å². The summed E-state index contributed by atoms with van der Waals surface area (Å²) in [5.74, 6) is 0.104. The molecule has 2 aromatic carbocycles. The first kappa shape index (κ1) is 14.8. The number of anilines is 2. The Balaban J connectivity index is 2.15. The lowest BCUT2D eigenvalue weighted by molar-refractivity contribution is 0.413. The van der Waals surface area contributed by atoms with Crippen molar-refractivity contribution in [2.75, 3.05) is 18.6 Å². The van der Waals surface area contributed by atoms with E-state index in [1.807, 2.05) is 12.1 Å². The van der Waals surface area contributed by atoms with Crippen LogP contribution in [0.5, 0.6) is 5.75 Å². The highest BCUT2D eigenvalue weighted by Crippen LogP contribution is 2.35. The van der Waals surface area contributed by atoms with E-state index in [1.54, 1.807) is 30.5 Å². The van der Waals surface area contributed by atoms with Crippen molar-refractivity contribution in [3.63, 3.8) is 0 Å². The maximum atomic E-state index is 13.4. The average molecular weight is 309 g/mol. The highest BCUT2D eigenvalue weighted by Gasteiger charge is 2.12. The Kier molecular flexibility index (Phi) is 3.85. The molecule has 0 bridgehead atoms. The summed E-state index contributed by atoms with van der Waals surface area (Å²) in [7, 11) is 1.51. The minimum atomic E-state index is -0.351. The molecule has 0 aliphatic carbocycles. The maximum Gasteiger partial charge on any atom is 0.129 e. The molecule has 23 heavy (non-hydrogen) atoms. The molecular formula is C18H16FN3O. The third kappa shape index (κ3) is 2.81. The van der Waals surface area contributed by atoms with Gasteiger partial charge in [-0.2, -0.15) is 0 Å². The van der Waals surface area contributed by atoms with Crippen LogP contribution in [0.3, 0.4) is 0 Å². The lowest BCUT2D eigenvalue weighted by Crippen LogP contribution is -1.98. The summed E-state index contributed by atoms with van der Waals surface area (Å²) in [6.45, 7) is 0. The second kappa shape index (κ2) is 5.96. The molecule has 0 saturated carbocycles. The number of methoxy groups -OCH3 is 1. The lowest BCUT2D eigenvalue weighted by atomic mass is 10.0. The van der Waals surface area contributed by atoms with Crippen molar-refractivity contribution in [2.45, 2.75) is 0 Å². The van der Waals surface area contributed by atoms with Crippen molar-refractivity contribution < 1.29 is 9.13 Å². The molecule has 3 aromatic rings. The number of halogens is 1. The molecule has 5 heteroatoms. The fraction of sp³-hybridized carbons (Fsp3) is 0.0556. The zero-order valence-electron chi connectivity index (χ0n) is 12.6. The lowest BCUT2D eigenvalue weighted by Gasteiger charge is -2.12. The van der Waals surface area contributed by atoms with E-state index in [0.29, 0.717) is 28.4 Å². The number of benzene rings is 2. The van der Waals surface area contributed by atoms with E-state index >= 15 is 0 Å². The van der Waals surface area contributed by atoms with Gasteiger partial charge in [-0.1, -0.05) is 6.07 Å². The van der Waals surface area contributed by atoms with Crippen LogP contribution in [0.4, 0.5) is 15.8 Å². The van der Waals surface area contributed by atoms with Crippen LogP contribution in [0.2, 0.25) is 0 Å². The van der Waals surface area contributed by atoms with E-state index in [4.69, 9.17) is 16.2 Å². The van der Waals surface area contributed by atoms with Gasteiger partial charge in [0.1, 0.15) is 11.6 Å². The van der Waals surface area contributed by atoms with Gasteiger partial charge in [0.2, 0.25) is 0 Å². The van der Waals surface area contributed by atoms with E-state index < -0.39 is 0 Å². The van der Waals surface area contributed by atoms with Gasteiger partial charge in [0, 0.05) is 34.8 Å². The van der Waals surface area contributed by atoms with Gasteiger partial charge in [0.15, 0.2) is 0 Å². The Hall–Kier alpha value is -3.08. The number of ether oxygens (including phenoxy) is 1. The number of hydrogen-bond donors (Lipinski definition) is 2. The van der Waals surface area contributed by atoms with Crippen LogP contribution in [-0.2, 0) is 0 Å². The van der Waals surface area contributed by atoms with Gasteiger partial charge in [0.25, 0.3) is 0 Å². The molecule has 1 aromatic heterocycles. The summed E-state index contributed by atoms with van der Waals surface area (Å²) in [6, 6.07) is 13.4. The highest BCUT2D eigenvalue weighted by molar-refractivity contribution is 5.86. The van der Waals surface area contributed by atoms with Gasteiger partial charge in [-0.05, 0) is 42.0 Å². The normalized spacial score (nSPS) is 10.5. The molecular weight excluding hydrogens is 293 g/mol. The van der Waals surface area contributed by atoms with Crippen molar-refractivity contribution in [3.05, 3.63) is 60.5 Å². The Morgan fingerprint density at radius 1 is 1.00 bits per heavy atom. The molecule has 0 unspecified atom stereocenters. The minimum Gasteiger partial charge on any atom is -0.496 e. The van der Waals surface area contributed by atoms with Crippen molar-refractivity contribution in [2.24, 2.45) is 0 Å². The van der Waals surface area contributed by atoms with Crippen molar-refractivity contribution >= 4 is 11.4 Å². The Bertz CT molecular complexity index is 844. The molecule has 0 spiro atoms. The zero-order chi connectivity index (χ0) is 16.4.